The van der Waals surface area contributed by atoms with E-state index in [1.807, 2.05) is 0 Å². The fourth-order valence-corrected chi connectivity index (χ4v) is 3.24. The smallest absolute Gasteiger partial charge is 0.409 e. The van der Waals surface area contributed by atoms with E-state index >= 15 is 0 Å². The van der Waals surface area contributed by atoms with Crippen LogP contribution >= 0.6 is 0 Å². The van der Waals surface area contributed by atoms with Gasteiger partial charge in [-0.3, -0.25) is 14.4 Å². The number of ether oxygens (including phenoxy) is 2. The van der Waals surface area contributed by atoms with Crippen LogP contribution in [0.1, 0.15) is 17.4 Å². The summed E-state index contributed by atoms with van der Waals surface area (Å²) in [6.07, 6.45) is -0.398. The molecule has 3 N–H and O–H groups in total. The second-order valence-corrected chi connectivity index (χ2v) is 7.03. The molecule has 1 aliphatic heterocycles. The van der Waals surface area contributed by atoms with Gasteiger partial charge in [0.15, 0.2) is 6.61 Å². The number of pyridine rings is 1. The number of hydrogen-bond acceptors (Lipinski definition) is 7. The number of para-hydroxylation sites is 1. The molecule has 1 aromatic heterocycles. The second-order valence-electron chi connectivity index (χ2n) is 7.03. The summed E-state index contributed by atoms with van der Waals surface area (Å²) in [7, 11) is 0. The highest BCUT2D eigenvalue weighted by atomic mass is 16.6. The molecule has 0 spiro atoms. The Labute approximate surface area is 184 Å². The molecule has 0 radical (unpaired) electrons. The lowest BCUT2D eigenvalue weighted by Crippen LogP contribution is -2.52. The van der Waals surface area contributed by atoms with E-state index in [1.54, 1.807) is 41.0 Å². The maximum Gasteiger partial charge on any atom is 0.409 e. The number of rotatable bonds is 7. The first kappa shape index (κ1) is 22.8. The van der Waals surface area contributed by atoms with Crippen molar-refractivity contribution in [1.82, 2.24) is 20.1 Å². The summed E-state index contributed by atoms with van der Waals surface area (Å²) in [4.78, 5) is 55.3. The minimum Gasteiger partial charge on any atom is -0.483 e. The van der Waals surface area contributed by atoms with Crippen LogP contribution in [-0.2, 0) is 14.3 Å². The van der Waals surface area contributed by atoms with Crippen molar-refractivity contribution in [3.63, 3.8) is 0 Å². The summed E-state index contributed by atoms with van der Waals surface area (Å²) < 4.78 is 10.4. The molecule has 2 aromatic rings. The Balaban J connectivity index is 1.60. The monoisotopic (exact) mass is 443 g/mol. The fraction of sp³-hybridized carbons (Fsp3) is 0.381. The Morgan fingerprint density at radius 2 is 1.78 bits per heavy atom. The van der Waals surface area contributed by atoms with Gasteiger partial charge in [-0.2, -0.15) is 0 Å². The molecule has 3 rings (SSSR count). The summed E-state index contributed by atoms with van der Waals surface area (Å²) in [5.41, 5.74) is 5.69. The van der Waals surface area contributed by atoms with E-state index in [9.17, 15) is 19.2 Å². The van der Waals surface area contributed by atoms with Gasteiger partial charge < -0.3 is 30.3 Å². The Bertz CT molecular complexity index is 1020. The van der Waals surface area contributed by atoms with Gasteiger partial charge in [-0.25, -0.2) is 9.78 Å². The van der Waals surface area contributed by atoms with Crippen LogP contribution < -0.4 is 15.8 Å². The van der Waals surface area contributed by atoms with Gasteiger partial charge in [-0.05, 0) is 19.1 Å². The van der Waals surface area contributed by atoms with E-state index in [0.717, 1.165) is 0 Å². The predicted molar refractivity (Wildman–Crippen MR) is 114 cm³/mol. The SMILES string of the molecule is CCOC(=O)N1CCN(C(=O)CNC(=O)c2cc(OCC(N)=O)c3ccccc3n2)CC1. The van der Waals surface area contributed by atoms with Crippen molar-refractivity contribution in [2.75, 3.05) is 45.9 Å². The number of benzene rings is 1. The molecule has 170 valence electrons. The number of carbonyl (C=O) groups excluding carboxylic acids is 4. The van der Waals surface area contributed by atoms with E-state index in [1.165, 1.54) is 6.07 Å². The molecule has 1 aliphatic rings. The maximum absolute atomic E-state index is 12.6. The van der Waals surface area contributed by atoms with Gasteiger partial charge in [-0.1, -0.05) is 12.1 Å². The first-order chi connectivity index (χ1) is 15.4. The van der Waals surface area contributed by atoms with E-state index in [4.69, 9.17) is 15.2 Å². The van der Waals surface area contributed by atoms with Crippen LogP contribution in [0, 0.1) is 0 Å². The molecular weight excluding hydrogens is 418 g/mol. The van der Waals surface area contributed by atoms with E-state index in [0.29, 0.717) is 49.4 Å². The fourth-order valence-electron chi connectivity index (χ4n) is 3.24. The van der Waals surface area contributed by atoms with Gasteiger partial charge >= 0.3 is 6.09 Å². The summed E-state index contributed by atoms with van der Waals surface area (Å²) in [5, 5.41) is 3.19. The van der Waals surface area contributed by atoms with Crippen molar-refractivity contribution >= 4 is 34.7 Å². The average molecular weight is 443 g/mol. The highest BCUT2D eigenvalue weighted by Crippen LogP contribution is 2.25. The van der Waals surface area contributed by atoms with Gasteiger partial charge in [0.05, 0.1) is 18.7 Å². The molecule has 0 saturated carbocycles. The minimum absolute atomic E-state index is 0.0445. The predicted octanol–water partition coefficient (Wildman–Crippen LogP) is 0.129. The number of nitrogens with zero attached hydrogens (tertiary/aromatic N) is 3. The number of primary amides is 1. The molecule has 11 nitrogen and oxygen atoms in total. The largest absolute Gasteiger partial charge is 0.483 e. The van der Waals surface area contributed by atoms with Crippen molar-refractivity contribution < 1.29 is 28.7 Å². The number of aromatic nitrogens is 1. The topological polar surface area (TPSA) is 144 Å². The van der Waals surface area contributed by atoms with Crippen molar-refractivity contribution in [3.05, 3.63) is 36.0 Å². The summed E-state index contributed by atoms with van der Waals surface area (Å²) in [6, 6.07) is 8.40. The molecule has 0 aliphatic carbocycles. The van der Waals surface area contributed by atoms with E-state index in [2.05, 4.69) is 10.3 Å². The molecule has 2 heterocycles. The first-order valence-corrected chi connectivity index (χ1v) is 10.2. The number of amides is 4. The molecule has 11 heteroatoms. The molecule has 4 amide bonds. The first-order valence-electron chi connectivity index (χ1n) is 10.2. The summed E-state index contributed by atoms with van der Waals surface area (Å²) in [5.74, 6) is -1.18. The van der Waals surface area contributed by atoms with Crippen molar-refractivity contribution in [1.29, 1.82) is 0 Å². The summed E-state index contributed by atoms with van der Waals surface area (Å²) >= 11 is 0. The average Bonchev–Trinajstić information content (AvgIpc) is 2.80. The zero-order valence-corrected chi connectivity index (χ0v) is 17.7. The van der Waals surface area contributed by atoms with Crippen molar-refractivity contribution in [2.45, 2.75) is 6.92 Å². The maximum atomic E-state index is 12.6. The quantitative estimate of drug-likeness (QED) is 0.619. The highest BCUT2D eigenvalue weighted by molar-refractivity contribution is 5.98. The number of nitrogens with two attached hydrogens (primary N) is 1. The Kier molecular flexibility index (Phi) is 7.42. The second kappa shape index (κ2) is 10.4. The van der Waals surface area contributed by atoms with Crippen LogP contribution in [0.3, 0.4) is 0 Å². The van der Waals surface area contributed by atoms with E-state index < -0.39 is 17.9 Å². The third-order valence-electron chi connectivity index (χ3n) is 4.84. The molecule has 1 fully saturated rings. The zero-order chi connectivity index (χ0) is 23.1. The Morgan fingerprint density at radius 3 is 2.47 bits per heavy atom. The number of fused-ring (bicyclic) bond motifs is 1. The minimum atomic E-state index is -0.648. The molecule has 0 bridgehead atoms. The molecule has 1 aromatic carbocycles. The van der Waals surface area contributed by atoms with Gasteiger partial charge in [0.1, 0.15) is 11.4 Å². The van der Waals surface area contributed by atoms with Gasteiger partial charge in [0.25, 0.3) is 11.8 Å². The van der Waals surface area contributed by atoms with Crippen molar-refractivity contribution in [3.8, 4) is 5.75 Å². The van der Waals surface area contributed by atoms with Crippen LogP contribution in [0.2, 0.25) is 0 Å². The van der Waals surface area contributed by atoms with Crippen LogP contribution in [0.5, 0.6) is 5.75 Å². The lowest BCUT2D eigenvalue weighted by atomic mass is 10.1. The van der Waals surface area contributed by atoms with Crippen LogP contribution in [0.25, 0.3) is 10.9 Å². The van der Waals surface area contributed by atoms with Crippen LogP contribution in [-0.4, -0.2) is 84.5 Å². The number of nitrogens with one attached hydrogen (secondary N) is 1. The number of hydrogen-bond donors (Lipinski definition) is 2. The third kappa shape index (κ3) is 5.62. The Morgan fingerprint density at radius 1 is 1.09 bits per heavy atom. The number of carbonyl (C=O) groups is 4. The van der Waals surface area contributed by atoms with Gasteiger partial charge in [0, 0.05) is 37.6 Å². The van der Waals surface area contributed by atoms with Gasteiger partial charge in [0.2, 0.25) is 5.91 Å². The van der Waals surface area contributed by atoms with E-state index in [-0.39, 0.29) is 24.8 Å². The summed E-state index contributed by atoms with van der Waals surface area (Å²) in [6.45, 7) is 2.91. The third-order valence-corrected chi connectivity index (χ3v) is 4.84. The lowest BCUT2D eigenvalue weighted by molar-refractivity contribution is -0.131. The van der Waals surface area contributed by atoms with Crippen molar-refractivity contribution in [2.24, 2.45) is 5.73 Å². The molecule has 0 atom stereocenters. The molecule has 32 heavy (non-hydrogen) atoms. The Hall–Kier alpha value is -3.89. The number of piperazine rings is 1. The zero-order valence-electron chi connectivity index (χ0n) is 17.7. The normalized spacial score (nSPS) is 13.5. The van der Waals surface area contributed by atoms with Crippen LogP contribution in [0.15, 0.2) is 30.3 Å². The lowest BCUT2D eigenvalue weighted by Gasteiger charge is -2.34. The molecule has 0 unspecified atom stereocenters. The molecule has 1 saturated heterocycles. The van der Waals surface area contributed by atoms with Gasteiger partial charge in [-0.15, -0.1) is 0 Å². The standard InChI is InChI=1S/C21H25N5O6/c1-2-31-21(30)26-9-7-25(8-10-26)19(28)12-23-20(29)16-11-17(32-13-18(22)27)14-5-3-4-6-15(14)24-16/h3-6,11H,2,7-10,12-13H2,1H3,(H2,22,27)(H,23,29). The highest BCUT2D eigenvalue weighted by Gasteiger charge is 2.25. The molecular formula is C21H25N5O6. The van der Waals surface area contributed by atoms with Crippen LogP contribution in [0.4, 0.5) is 4.79 Å².